The first-order valence-electron chi connectivity index (χ1n) is 6.29. The second-order valence-corrected chi connectivity index (χ2v) is 5.14. The number of benzene rings is 1. The van der Waals surface area contributed by atoms with Crippen molar-refractivity contribution >= 4 is 28.6 Å². The van der Waals surface area contributed by atoms with Crippen LogP contribution in [0.3, 0.4) is 0 Å². The lowest BCUT2D eigenvalue weighted by atomic mass is 10.0. The van der Waals surface area contributed by atoms with Crippen molar-refractivity contribution in [3.63, 3.8) is 0 Å². The summed E-state index contributed by atoms with van der Waals surface area (Å²) in [5.74, 6) is -0.153. The summed E-state index contributed by atoms with van der Waals surface area (Å²) in [7, 11) is 1.33. The molecule has 4 nitrogen and oxygen atoms in total. The molecule has 1 atom stereocenters. The van der Waals surface area contributed by atoms with E-state index in [1.165, 1.54) is 19.2 Å². The van der Waals surface area contributed by atoms with E-state index in [0.717, 1.165) is 0 Å². The van der Waals surface area contributed by atoms with Crippen LogP contribution in [0.5, 0.6) is 0 Å². The Morgan fingerprint density at radius 1 is 1.50 bits per heavy atom. The molecule has 1 aromatic carbocycles. The number of rotatable bonds is 4. The van der Waals surface area contributed by atoms with Gasteiger partial charge in [0.05, 0.1) is 24.0 Å². The van der Waals surface area contributed by atoms with E-state index in [0.29, 0.717) is 16.9 Å². The monoisotopic (exact) mass is 298 g/mol. The van der Waals surface area contributed by atoms with Crippen molar-refractivity contribution in [2.75, 3.05) is 7.11 Å². The van der Waals surface area contributed by atoms with Crippen molar-refractivity contribution in [3.05, 3.63) is 29.8 Å². The minimum absolute atomic E-state index is 0.0370. The summed E-state index contributed by atoms with van der Waals surface area (Å²) in [6.07, 6.45) is 0. The van der Waals surface area contributed by atoms with Gasteiger partial charge in [-0.2, -0.15) is 0 Å². The van der Waals surface area contributed by atoms with Crippen LogP contribution < -0.4 is 0 Å². The number of imidazole rings is 1. The van der Waals surface area contributed by atoms with Gasteiger partial charge in [0.1, 0.15) is 17.7 Å². The molecular weight excluding hydrogens is 283 g/mol. The maximum absolute atomic E-state index is 13.5. The number of ether oxygens (including phenoxy) is 1. The smallest absolute Gasteiger partial charge is 0.329 e. The number of carbonyl (C=O) groups excluding carboxylic acids is 1. The summed E-state index contributed by atoms with van der Waals surface area (Å²) >= 11 is 5.91. The van der Waals surface area contributed by atoms with Crippen LogP contribution in [0.15, 0.2) is 18.2 Å². The molecule has 6 heteroatoms. The van der Waals surface area contributed by atoms with Crippen LogP contribution in [0.2, 0.25) is 0 Å². The van der Waals surface area contributed by atoms with E-state index < -0.39 is 12.0 Å². The Kier molecular flexibility index (Phi) is 4.28. The molecule has 1 heterocycles. The lowest BCUT2D eigenvalue weighted by Gasteiger charge is -2.22. The number of fused-ring (bicyclic) bond motifs is 1. The molecule has 2 aromatic rings. The third-order valence-electron chi connectivity index (χ3n) is 3.20. The van der Waals surface area contributed by atoms with Gasteiger partial charge in [0.25, 0.3) is 0 Å². The zero-order valence-corrected chi connectivity index (χ0v) is 12.3. The average Bonchev–Trinajstić information content (AvgIpc) is 2.76. The van der Waals surface area contributed by atoms with Crippen molar-refractivity contribution < 1.29 is 13.9 Å². The van der Waals surface area contributed by atoms with Gasteiger partial charge in [-0.3, -0.25) is 0 Å². The standard InChI is InChI=1S/C14H16ClFN2O2/c1-8(2)13(14(19)20-3)18-11-6-9(16)4-5-10(11)17-12(18)7-15/h4-6,8,13H,7H2,1-3H3. The quantitative estimate of drug-likeness (QED) is 0.643. The Balaban J connectivity index is 2.71. The van der Waals surface area contributed by atoms with Gasteiger partial charge in [-0.05, 0) is 24.1 Å². The predicted octanol–water partition coefficient (Wildman–Crippen LogP) is 3.28. The molecule has 0 N–H and O–H groups in total. The molecule has 0 bridgehead atoms. The van der Waals surface area contributed by atoms with Crippen molar-refractivity contribution in [3.8, 4) is 0 Å². The number of methoxy groups -OCH3 is 1. The molecular formula is C14H16ClFN2O2. The minimum Gasteiger partial charge on any atom is -0.467 e. The molecule has 0 amide bonds. The van der Waals surface area contributed by atoms with Crippen LogP contribution in [-0.2, 0) is 15.4 Å². The van der Waals surface area contributed by atoms with Gasteiger partial charge in [0, 0.05) is 0 Å². The molecule has 0 fully saturated rings. The van der Waals surface area contributed by atoms with Crippen molar-refractivity contribution in [2.45, 2.75) is 25.8 Å². The topological polar surface area (TPSA) is 44.1 Å². The van der Waals surface area contributed by atoms with Gasteiger partial charge < -0.3 is 9.30 Å². The van der Waals surface area contributed by atoms with Gasteiger partial charge in [0.15, 0.2) is 0 Å². The molecule has 20 heavy (non-hydrogen) atoms. The number of aromatic nitrogens is 2. The Morgan fingerprint density at radius 2 is 2.20 bits per heavy atom. The fourth-order valence-corrected chi connectivity index (χ4v) is 2.51. The average molecular weight is 299 g/mol. The number of nitrogens with zero attached hydrogens (tertiary/aromatic N) is 2. The molecule has 0 spiro atoms. The van der Waals surface area contributed by atoms with Crippen LogP contribution in [0.25, 0.3) is 11.0 Å². The molecule has 2 rings (SSSR count). The Hall–Kier alpha value is -1.62. The first-order valence-corrected chi connectivity index (χ1v) is 6.83. The highest BCUT2D eigenvalue weighted by molar-refractivity contribution is 6.16. The van der Waals surface area contributed by atoms with Gasteiger partial charge >= 0.3 is 5.97 Å². The Morgan fingerprint density at radius 3 is 2.75 bits per heavy atom. The zero-order valence-electron chi connectivity index (χ0n) is 11.6. The lowest BCUT2D eigenvalue weighted by molar-refractivity contribution is -0.145. The second-order valence-electron chi connectivity index (χ2n) is 4.88. The molecule has 0 aliphatic carbocycles. The molecule has 0 aliphatic heterocycles. The molecule has 1 unspecified atom stereocenters. The SMILES string of the molecule is COC(=O)C(C(C)C)n1c(CCl)nc2ccc(F)cc21. The number of alkyl halides is 1. The maximum Gasteiger partial charge on any atom is 0.329 e. The van der Waals surface area contributed by atoms with Crippen molar-refractivity contribution in [2.24, 2.45) is 5.92 Å². The molecule has 0 aliphatic rings. The first-order chi connectivity index (χ1) is 9.49. The van der Waals surface area contributed by atoms with E-state index in [9.17, 15) is 9.18 Å². The van der Waals surface area contributed by atoms with E-state index in [1.807, 2.05) is 13.8 Å². The first kappa shape index (κ1) is 14.8. The molecule has 1 aromatic heterocycles. The normalized spacial score (nSPS) is 12.9. The number of esters is 1. The number of halogens is 2. The van der Waals surface area contributed by atoms with Crippen LogP contribution in [0.1, 0.15) is 25.7 Å². The third-order valence-corrected chi connectivity index (χ3v) is 3.44. The van der Waals surface area contributed by atoms with E-state index in [1.54, 1.807) is 10.6 Å². The summed E-state index contributed by atoms with van der Waals surface area (Å²) in [5, 5.41) is 0. The fourth-order valence-electron chi connectivity index (χ4n) is 2.32. The molecule has 108 valence electrons. The summed E-state index contributed by atoms with van der Waals surface area (Å²) in [5.41, 5.74) is 1.15. The van der Waals surface area contributed by atoms with Gasteiger partial charge in [-0.15, -0.1) is 11.6 Å². The highest BCUT2D eigenvalue weighted by atomic mass is 35.5. The van der Waals surface area contributed by atoms with E-state index in [-0.39, 0.29) is 17.6 Å². The summed E-state index contributed by atoms with van der Waals surface area (Å²) in [6.45, 7) is 3.79. The Bertz CT molecular complexity index is 639. The number of carbonyl (C=O) groups is 1. The van der Waals surface area contributed by atoms with E-state index in [2.05, 4.69) is 4.98 Å². The highest BCUT2D eigenvalue weighted by Gasteiger charge is 2.29. The summed E-state index contributed by atoms with van der Waals surface area (Å²) in [6, 6.07) is 3.68. The Labute approximate surface area is 121 Å². The maximum atomic E-state index is 13.5. The van der Waals surface area contributed by atoms with E-state index in [4.69, 9.17) is 16.3 Å². The van der Waals surface area contributed by atoms with Gasteiger partial charge in [-0.25, -0.2) is 14.2 Å². The number of hydrogen-bond acceptors (Lipinski definition) is 3. The van der Waals surface area contributed by atoms with Crippen LogP contribution >= 0.6 is 11.6 Å². The van der Waals surface area contributed by atoms with Gasteiger partial charge in [0.2, 0.25) is 0 Å². The molecule has 0 saturated carbocycles. The minimum atomic E-state index is -0.583. The molecule has 0 radical (unpaired) electrons. The predicted molar refractivity (Wildman–Crippen MR) is 75.1 cm³/mol. The van der Waals surface area contributed by atoms with Gasteiger partial charge in [-0.1, -0.05) is 13.8 Å². The van der Waals surface area contributed by atoms with Crippen molar-refractivity contribution in [1.29, 1.82) is 0 Å². The van der Waals surface area contributed by atoms with Crippen molar-refractivity contribution in [1.82, 2.24) is 9.55 Å². The van der Waals surface area contributed by atoms with Crippen LogP contribution in [0, 0.1) is 11.7 Å². The lowest BCUT2D eigenvalue weighted by Crippen LogP contribution is -2.27. The van der Waals surface area contributed by atoms with E-state index >= 15 is 0 Å². The third kappa shape index (κ3) is 2.50. The summed E-state index contributed by atoms with van der Waals surface area (Å²) in [4.78, 5) is 16.4. The zero-order chi connectivity index (χ0) is 14.9. The fraction of sp³-hybridized carbons (Fsp3) is 0.429. The summed E-state index contributed by atoms with van der Waals surface area (Å²) < 4.78 is 20.0. The number of hydrogen-bond donors (Lipinski definition) is 0. The largest absolute Gasteiger partial charge is 0.467 e. The van der Waals surface area contributed by atoms with Crippen LogP contribution in [0.4, 0.5) is 4.39 Å². The molecule has 0 saturated heterocycles. The second kappa shape index (κ2) is 5.79. The highest BCUT2D eigenvalue weighted by Crippen LogP contribution is 2.28. The van der Waals surface area contributed by atoms with Crippen LogP contribution in [-0.4, -0.2) is 22.6 Å².